The molecule has 1 heterocycles. The SMILES string of the molecule is CCOc1ccc(/C=C/C(=O)N2CCN(C(=O)/C=C/c3ccc(OCC)cc3)CC2)cc1. The van der Waals surface area contributed by atoms with Gasteiger partial charge in [-0.05, 0) is 61.4 Å². The van der Waals surface area contributed by atoms with Crippen LogP contribution in [0.2, 0.25) is 0 Å². The van der Waals surface area contributed by atoms with Crippen LogP contribution in [0.1, 0.15) is 25.0 Å². The van der Waals surface area contributed by atoms with Gasteiger partial charge in [-0.15, -0.1) is 0 Å². The van der Waals surface area contributed by atoms with E-state index in [1.54, 1.807) is 34.1 Å². The molecule has 0 atom stereocenters. The van der Waals surface area contributed by atoms with Gasteiger partial charge in [-0.2, -0.15) is 0 Å². The van der Waals surface area contributed by atoms with Gasteiger partial charge in [-0.25, -0.2) is 0 Å². The van der Waals surface area contributed by atoms with Gasteiger partial charge in [-0.1, -0.05) is 24.3 Å². The molecular formula is C26H30N2O4. The van der Waals surface area contributed by atoms with Crippen molar-refractivity contribution < 1.29 is 19.1 Å². The largest absolute Gasteiger partial charge is 0.494 e. The number of rotatable bonds is 8. The summed E-state index contributed by atoms with van der Waals surface area (Å²) in [5.41, 5.74) is 1.88. The van der Waals surface area contributed by atoms with E-state index in [-0.39, 0.29) is 11.8 Å². The van der Waals surface area contributed by atoms with E-state index < -0.39 is 0 Å². The lowest BCUT2D eigenvalue weighted by Gasteiger charge is -2.33. The molecule has 2 amide bonds. The number of nitrogens with zero attached hydrogens (tertiary/aromatic N) is 2. The number of hydrogen-bond donors (Lipinski definition) is 0. The van der Waals surface area contributed by atoms with Gasteiger partial charge in [-0.3, -0.25) is 9.59 Å². The van der Waals surface area contributed by atoms with E-state index in [1.807, 2.05) is 62.4 Å². The predicted octanol–water partition coefficient (Wildman–Crippen LogP) is 3.88. The third kappa shape index (κ3) is 6.74. The molecule has 0 spiro atoms. The minimum atomic E-state index is -0.0455. The zero-order valence-corrected chi connectivity index (χ0v) is 18.7. The maximum atomic E-state index is 12.5. The molecule has 2 aromatic carbocycles. The number of carbonyl (C=O) groups excluding carboxylic acids is 2. The van der Waals surface area contributed by atoms with Crippen molar-refractivity contribution in [3.05, 3.63) is 71.8 Å². The van der Waals surface area contributed by atoms with E-state index in [4.69, 9.17) is 9.47 Å². The molecule has 168 valence electrons. The van der Waals surface area contributed by atoms with Crippen molar-refractivity contribution in [1.82, 2.24) is 9.80 Å². The first-order valence-corrected chi connectivity index (χ1v) is 11.0. The molecule has 0 bridgehead atoms. The maximum absolute atomic E-state index is 12.5. The van der Waals surface area contributed by atoms with Gasteiger partial charge in [0, 0.05) is 38.3 Å². The van der Waals surface area contributed by atoms with Crippen LogP contribution < -0.4 is 9.47 Å². The fourth-order valence-corrected chi connectivity index (χ4v) is 3.38. The number of amides is 2. The van der Waals surface area contributed by atoms with Crippen LogP contribution in [0.15, 0.2) is 60.7 Å². The molecule has 6 heteroatoms. The van der Waals surface area contributed by atoms with E-state index >= 15 is 0 Å². The Morgan fingerprint density at radius 2 is 1.03 bits per heavy atom. The molecule has 1 fully saturated rings. The second-order valence-electron chi connectivity index (χ2n) is 7.32. The standard InChI is InChI=1S/C26H30N2O4/c1-3-31-23-11-5-21(6-12-23)9-15-25(29)27-17-19-28(20-18-27)26(30)16-10-22-7-13-24(14-8-22)32-4-2/h5-16H,3-4,17-20H2,1-2H3/b15-9+,16-10+. The van der Waals surface area contributed by atoms with Crippen molar-refractivity contribution in [2.45, 2.75) is 13.8 Å². The van der Waals surface area contributed by atoms with Crippen molar-refractivity contribution in [1.29, 1.82) is 0 Å². The fraction of sp³-hybridized carbons (Fsp3) is 0.308. The van der Waals surface area contributed by atoms with Gasteiger partial charge in [0.2, 0.25) is 11.8 Å². The van der Waals surface area contributed by atoms with E-state index in [0.29, 0.717) is 39.4 Å². The zero-order valence-electron chi connectivity index (χ0n) is 18.7. The number of benzene rings is 2. The first-order chi connectivity index (χ1) is 15.6. The average Bonchev–Trinajstić information content (AvgIpc) is 2.83. The Balaban J connectivity index is 1.46. The van der Waals surface area contributed by atoms with Crippen molar-refractivity contribution >= 4 is 24.0 Å². The highest BCUT2D eigenvalue weighted by molar-refractivity contribution is 5.93. The molecule has 1 saturated heterocycles. The van der Waals surface area contributed by atoms with Crippen LogP contribution in [0.5, 0.6) is 11.5 Å². The molecule has 0 radical (unpaired) electrons. The van der Waals surface area contributed by atoms with Gasteiger partial charge in [0.25, 0.3) is 0 Å². The third-order valence-corrected chi connectivity index (χ3v) is 5.12. The van der Waals surface area contributed by atoms with Gasteiger partial charge in [0.05, 0.1) is 13.2 Å². The summed E-state index contributed by atoms with van der Waals surface area (Å²) in [5, 5.41) is 0. The zero-order chi connectivity index (χ0) is 22.8. The topological polar surface area (TPSA) is 59.1 Å². The minimum absolute atomic E-state index is 0.0455. The second-order valence-corrected chi connectivity index (χ2v) is 7.32. The molecule has 1 aliphatic rings. The van der Waals surface area contributed by atoms with Gasteiger partial charge in [0.15, 0.2) is 0 Å². The van der Waals surface area contributed by atoms with E-state index in [1.165, 1.54) is 0 Å². The fourth-order valence-electron chi connectivity index (χ4n) is 3.38. The number of carbonyl (C=O) groups is 2. The van der Waals surface area contributed by atoms with E-state index in [0.717, 1.165) is 22.6 Å². The number of ether oxygens (including phenoxy) is 2. The summed E-state index contributed by atoms with van der Waals surface area (Å²) in [4.78, 5) is 28.5. The molecule has 3 rings (SSSR count). The normalized spacial score (nSPS) is 14.2. The summed E-state index contributed by atoms with van der Waals surface area (Å²) in [6, 6.07) is 15.2. The van der Waals surface area contributed by atoms with Crippen molar-refractivity contribution in [3.8, 4) is 11.5 Å². The molecule has 0 unspecified atom stereocenters. The lowest BCUT2D eigenvalue weighted by Crippen LogP contribution is -2.49. The summed E-state index contributed by atoms with van der Waals surface area (Å²) in [5.74, 6) is 1.54. The predicted molar refractivity (Wildman–Crippen MR) is 126 cm³/mol. The molecule has 0 aliphatic carbocycles. The highest BCUT2D eigenvalue weighted by atomic mass is 16.5. The molecule has 6 nitrogen and oxygen atoms in total. The quantitative estimate of drug-likeness (QED) is 0.592. The van der Waals surface area contributed by atoms with Gasteiger partial charge in [0.1, 0.15) is 11.5 Å². The lowest BCUT2D eigenvalue weighted by atomic mass is 10.2. The summed E-state index contributed by atoms with van der Waals surface area (Å²) >= 11 is 0. The van der Waals surface area contributed by atoms with Crippen LogP contribution in [0.25, 0.3) is 12.2 Å². The lowest BCUT2D eigenvalue weighted by molar-refractivity contribution is -0.133. The van der Waals surface area contributed by atoms with E-state index in [2.05, 4.69) is 0 Å². The summed E-state index contributed by atoms with van der Waals surface area (Å²) in [6.07, 6.45) is 6.77. The number of piperazine rings is 1. The Kier molecular flexibility index (Phi) is 8.49. The molecule has 1 aliphatic heterocycles. The maximum Gasteiger partial charge on any atom is 0.246 e. The van der Waals surface area contributed by atoms with Crippen LogP contribution in [-0.4, -0.2) is 61.0 Å². The molecule has 32 heavy (non-hydrogen) atoms. The highest BCUT2D eigenvalue weighted by Gasteiger charge is 2.21. The second kappa shape index (κ2) is 11.7. The minimum Gasteiger partial charge on any atom is -0.494 e. The summed E-state index contributed by atoms with van der Waals surface area (Å²) in [7, 11) is 0. The monoisotopic (exact) mass is 434 g/mol. The van der Waals surface area contributed by atoms with Crippen molar-refractivity contribution in [2.75, 3.05) is 39.4 Å². The molecule has 2 aromatic rings. The molecule has 0 N–H and O–H groups in total. The molecular weight excluding hydrogens is 404 g/mol. The summed E-state index contributed by atoms with van der Waals surface area (Å²) in [6.45, 7) is 7.23. The first kappa shape index (κ1) is 23.1. The Labute approximate surface area is 189 Å². The average molecular weight is 435 g/mol. The van der Waals surface area contributed by atoms with Crippen LogP contribution in [0, 0.1) is 0 Å². The first-order valence-electron chi connectivity index (χ1n) is 11.0. The third-order valence-electron chi connectivity index (χ3n) is 5.12. The van der Waals surface area contributed by atoms with E-state index in [9.17, 15) is 9.59 Å². The van der Waals surface area contributed by atoms with Crippen molar-refractivity contribution in [3.63, 3.8) is 0 Å². The van der Waals surface area contributed by atoms with Gasteiger partial charge >= 0.3 is 0 Å². The Morgan fingerprint density at radius 3 is 1.34 bits per heavy atom. The smallest absolute Gasteiger partial charge is 0.246 e. The van der Waals surface area contributed by atoms with Crippen LogP contribution >= 0.6 is 0 Å². The van der Waals surface area contributed by atoms with Crippen LogP contribution in [0.3, 0.4) is 0 Å². The van der Waals surface area contributed by atoms with Crippen molar-refractivity contribution in [2.24, 2.45) is 0 Å². The summed E-state index contributed by atoms with van der Waals surface area (Å²) < 4.78 is 10.9. The molecule has 0 saturated carbocycles. The highest BCUT2D eigenvalue weighted by Crippen LogP contribution is 2.15. The Hall–Kier alpha value is -3.54. The molecule has 0 aromatic heterocycles. The van der Waals surface area contributed by atoms with Crippen LogP contribution in [-0.2, 0) is 9.59 Å². The Bertz CT molecular complexity index is 861. The number of hydrogen-bond acceptors (Lipinski definition) is 4. The van der Waals surface area contributed by atoms with Gasteiger partial charge < -0.3 is 19.3 Å². The Morgan fingerprint density at radius 1 is 0.688 bits per heavy atom. The van der Waals surface area contributed by atoms with Crippen LogP contribution in [0.4, 0.5) is 0 Å².